The van der Waals surface area contributed by atoms with Crippen LogP contribution in [0.4, 0.5) is 11.5 Å². The first-order chi connectivity index (χ1) is 9.74. The van der Waals surface area contributed by atoms with E-state index in [1.165, 1.54) is 0 Å². The van der Waals surface area contributed by atoms with Gasteiger partial charge in [-0.25, -0.2) is 4.98 Å². The zero-order chi connectivity index (χ0) is 13.9. The van der Waals surface area contributed by atoms with E-state index in [4.69, 9.17) is 10.5 Å². The number of fused-ring (bicyclic) bond motifs is 1. The Kier molecular flexibility index (Phi) is 3.25. The van der Waals surface area contributed by atoms with Crippen LogP contribution < -0.4 is 15.4 Å². The monoisotopic (exact) mass is 269 g/mol. The predicted octanol–water partition coefficient (Wildman–Crippen LogP) is 1.98. The minimum atomic E-state index is 0.0270. The first-order valence-corrected chi connectivity index (χ1v) is 6.47. The van der Waals surface area contributed by atoms with Crippen LogP contribution in [0.15, 0.2) is 42.5 Å². The highest BCUT2D eigenvalue weighted by Crippen LogP contribution is 2.31. The summed E-state index contributed by atoms with van der Waals surface area (Å²) in [6, 6.07) is 13.0. The summed E-state index contributed by atoms with van der Waals surface area (Å²) in [4.78, 5) is 18.2. The Morgan fingerprint density at radius 2 is 2.05 bits per heavy atom. The average Bonchev–Trinajstić information content (AvgIpc) is 2.59. The second kappa shape index (κ2) is 5.21. The first kappa shape index (κ1) is 12.5. The lowest BCUT2D eigenvalue weighted by Gasteiger charge is -2.21. The minimum absolute atomic E-state index is 0.0270. The number of amides is 1. The molecule has 20 heavy (non-hydrogen) atoms. The molecule has 102 valence electrons. The van der Waals surface area contributed by atoms with E-state index in [1.54, 1.807) is 11.0 Å². The van der Waals surface area contributed by atoms with Gasteiger partial charge >= 0.3 is 0 Å². The summed E-state index contributed by atoms with van der Waals surface area (Å²) in [5, 5.41) is 0. The molecule has 3 rings (SSSR count). The van der Waals surface area contributed by atoms with Gasteiger partial charge in [0.1, 0.15) is 11.6 Å². The summed E-state index contributed by atoms with van der Waals surface area (Å²) < 4.78 is 5.60. The molecule has 0 fully saturated rings. The number of nitrogens with two attached hydrogens (primary N) is 1. The van der Waals surface area contributed by atoms with Crippen LogP contribution in [0.5, 0.6) is 5.75 Å². The second-order valence-electron chi connectivity index (χ2n) is 4.60. The lowest BCUT2D eigenvalue weighted by Crippen LogP contribution is -2.30. The maximum Gasteiger partial charge on any atom is 0.230 e. The van der Waals surface area contributed by atoms with E-state index >= 15 is 0 Å². The van der Waals surface area contributed by atoms with Gasteiger partial charge in [0.15, 0.2) is 0 Å². The maximum absolute atomic E-state index is 12.3. The van der Waals surface area contributed by atoms with E-state index < -0.39 is 0 Å². The number of rotatable bonds is 2. The fourth-order valence-electron chi connectivity index (χ4n) is 2.24. The normalized spacial score (nSPS) is 14.4. The highest BCUT2D eigenvalue weighted by Gasteiger charge is 2.23. The molecule has 0 radical (unpaired) electrons. The van der Waals surface area contributed by atoms with Gasteiger partial charge in [-0.05, 0) is 24.3 Å². The molecule has 1 aromatic carbocycles. The Balaban J connectivity index is 1.96. The average molecular weight is 269 g/mol. The fraction of sp³-hybridized carbons (Fsp3) is 0.200. The first-order valence-electron chi connectivity index (χ1n) is 6.47. The molecular formula is C15H15N3O2. The summed E-state index contributed by atoms with van der Waals surface area (Å²) in [7, 11) is 0. The highest BCUT2D eigenvalue weighted by molar-refractivity contribution is 5.95. The Bertz CT molecular complexity index is 643. The molecule has 1 aliphatic rings. The topological polar surface area (TPSA) is 68.5 Å². The van der Waals surface area contributed by atoms with E-state index in [1.807, 2.05) is 36.4 Å². The van der Waals surface area contributed by atoms with Crippen LogP contribution in [-0.2, 0) is 11.3 Å². The van der Waals surface area contributed by atoms with Crippen LogP contribution in [0, 0.1) is 0 Å². The Morgan fingerprint density at radius 3 is 2.90 bits per heavy atom. The second-order valence-corrected chi connectivity index (χ2v) is 4.60. The van der Waals surface area contributed by atoms with E-state index in [2.05, 4.69) is 4.98 Å². The molecule has 0 unspecified atom stereocenters. The highest BCUT2D eigenvalue weighted by atomic mass is 16.5. The molecular weight excluding hydrogens is 254 g/mol. The molecule has 2 heterocycles. The quantitative estimate of drug-likeness (QED) is 0.905. The molecule has 0 atom stereocenters. The van der Waals surface area contributed by atoms with Crippen molar-refractivity contribution >= 4 is 17.4 Å². The summed E-state index contributed by atoms with van der Waals surface area (Å²) in [5.41, 5.74) is 7.22. The van der Waals surface area contributed by atoms with Gasteiger partial charge in [0.2, 0.25) is 5.91 Å². The Morgan fingerprint density at radius 1 is 1.20 bits per heavy atom. The van der Waals surface area contributed by atoms with Crippen molar-refractivity contribution in [3.63, 3.8) is 0 Å². The number of anilines is 2. The van der Waals surface area contributed by atoms with Gasteiger partial charge in [-0.2, -0.15) is 0 Å². The lowest BCUT2D eigenvalue weighted by atomic mass is 10.2. The van der Waals surface area contributed by atoms with Crippen LogP contribution in [0.3, 0.4) is 0 Å². The van der Waals surface area contributed by atoms with Crippen molar-refractivity contribution in [1.82, 2.24) is 4.98 Å². The number of nitrogen functional groups attached to an aromatic ring is 1. The number of aromatic nitrogens is 1. The van der Waals surface area contributed by atoms with Crippen molar-refractivity contribution in [2.75, 3.05) is 17.2 Å². The van der Waals surface area contributed by atoms with E-state index in [0.717, 1.165) is 17.1 Å². The molecule has 0 saturated carbocycles. The van der Waals surface area contributed by atoms with Crippen LogP contribution in [0.25, 0.3) is 0 Å². The minimum Gasteiger partial charge on any atom is -0.491 e. The predicted molar refractivity (Wildman–Crippen MR) is 76.4 cm³/mol. The Labute approximate surface area is 117 Å². The zero-order valence-corrected chi connectivity index (χ0v) is 11.0. The number of hydrogen-bond donors (Lipinski definition) is 1. The van der Waals surface area contributed by atoms with Gasteiger partial charge in [0.05, 0.1) is 31.0 Å². The number of pyridine rings is 1. The SMILES string of the molecule is Nc1cccc(CN2C(=O)CCOc3ccccc32)n1. The lowest BCUT2D eigenvalue weighted by molar-refractivity contribution is -0.118. The third-order valence-corrected chi connectivity index (χ3v) is 3.18. The van der Waals surface area contributed by atoms with Gasteiger partial charge in [0, 0.05) is 0 Å². The van der Waals surface area contributed by atoms with Gasteiger partial charge in [-0.3, -0.25) is 4.79 Å². The summed E-state index contributed by atoms with van der Waals surface area (Å²) in [6.07, 6.45) is 0.358. The third kappa shape index (κ3) is 2.42. The number of para-hydroxylation sites is 2. The number of carbonyl (C=O) groups is 1. The van der Waals surface area contributed by atoms with Crippen LogP contribution in [0.1, 0.15) is 12.1 Å². The summed E-state index contributed by atoms with van der Waals surface area (Å²) in [5.74, 6) is 1.20. The molecule has 2 N–H and O–H groups in total. The van der Waals surface area contributed by atoms with Crippen LogP contribution >= 0.6 is 0 Å². The molecule has 1 amide bonds. The van der Waals surface area contributed by atoms with E-state index in [-0.39, 0.29) is 5.91 Å². The number of nitrogens with zero attached hydrogens (tertiary/aromatic N) is 2. The standard InChI is InChI=1S/C15H15N3O2/c16-14-7-3-4-11(17-14)10-18-12-5-1-2-6-13(12)20-9-8-15(18)19/h1-7H,8-10H2,(H2,16,17). The van der Waals surface area contributed by atoms with E-state index in [0.29, 0.717) is 25.4 Å². The van der Waals surface area contributed by atoms with Gasteiger partial charge in [-0.15, -0.1) is 0 Å². The van der Waals surface area contributed by atoms with Crippen molar-refractivity contribution in [3.8, 4) is 5.75 Å². The molecule has 5 heteroatoms. The van der Waals surface area contributed by atoms with Crippen molar-refractivity contribution < 1.29 is 9.53 Å². The van der Waals surface area contributed by atoms with E-state index in [9.17, 15) is 4.79 Å². The molecule has 1 aromatic heterocycles. The molecule has 2 aromatic rings. The van der Waals surface area contributed by atoms with Crippen molar-refractivity contribution in [1.29, 1.82) is 0 Å². The van der Waals surface area contributed by atoms with Crippen LogP contribution in [0.2, 0.25) is 0 Å². The smallest absolute Gasteiger partial charge is 0.230 e. The number of benzene rings is 1. The third-order valence-electron chi connectivity index (χ3n) is 3.18. The molecule has 0 bridgehead atoms. The number of ether oxygens (including phenoxy) is 1. The molecule has 0 aliphatic carbocycles. The van der Waals surface area contributed by atoms with Crippen molar-refractivity contribution in [2.24, 2.45) is 0 Å². The number of carbonyl (C=O) groups excluding carboxylic acids is 1. The zero-order valence-electron chi connectivity index (χ0n) is 11.0. The summed E-state index contributed by atoms with van der Waals surface area (Å²) >= 11 is 0. The maximum atomic E-state index is 12.3. The molecule has 0 spiro atoms. The fourth-order valence-corrected chi connectivity index (χ4v) is 2.24. The van der Waals surface area contributed by atoms with Gasteiger partial charge < -0.3 is 15.4 Å². The molecule has 1 aliphatic heterocycles. The molecule has 0 saturated heterocycles. The summed E-state index contributed by atoms with van der Waals surface area (Å²) in [6.45, 7) is 0.793. The van der Waals surface area contributed by atoms with Crippen molar-refractivity contribution in [2.45, 2.75) is 13.0 Å². The van der Waals surface area contributed by atoms with Crippen LogP contribution in [-0.4, -0.2) is 17.5 Å². The Hall–Kier alpha value is -2.56. The molecule has 5 nitrogen and oxygen atoms in total. The van der Waals surface area contributed by atoms with Gasteiger partial charge in [0.25, 0.3) is 0 Å². The van der Waals surface area contributed by atoms with Crippen molar-refractivity contribution in [3.05, 3.63) is 48.2 Å². The largest absolute Gasteiger partial charge is 0.491 e. The number of hydrogen-bond acceptors (Lipinski definition) is 4. The van der Waals surface area contributed by atoms with Gasteiger partial charge in [-0.1, -0.05) is 18.2 Å².